The second-order valence-electron chi connectivity index (χ2n) is 13.1. The van der Waals surface area contributed by atoms with E-state index >= 15 is 13.2 Å². The Hall–Kier alpha value is -3.45. The van der Waals surface area contributed by atoms with Crippen LogP contribution in [-0.4, -0.2) is 39.1 Å². The summed E-state index contributed by atoms with van der Waals surface area (Å²) >= 11 is 0. The van der Waals surface area contributed by atoms with Crippen molar-refractivity contribution in [3.8, 4) is 6.07 Å². The molecule has 4 aliphatic rings. The summed E-state index contributed by atoms with van der Waals surface area (Å²) in [4.78, 5) is 25.1. The molecule has 2 fully saturated rings. The molecule has 10 heteroatoms. The van der Waals surface area contributed by atoms with E-state index in [4.69, 9.17) is 0 Å². The number of halogens is 3. The lowest BCUT2D eigenvalue weighted by molar-refractivity contribution is -0.0880. The van der Waals surface area contributed by atoms with E-state index in [0.717, 1.165) is 45.1 Å². The fourth-order valence-corrected chi connectivity index (χ4v) is 7.17. The Labute approximate surface area is 256 Å². The van der Waals surface area contributed by atoms with E-state index < -0.39 is 34.7 Å². The van der Waals surface area contributed by atoms with E-state index in [1.165, 1.54) is 24.5 Å². The van der Waals surface area contributed by atoms with Crippen molar-refractivity contribution in [2.24, 2.45) is 5.92 Å². The Morgan fingerprint density at radius 1 is 0.977 bits per heavy atom. The zero-order valence-corrected chi connectivity index (χ0v) is 25.6. The van der Waals surface area contributed by atoms with Gasteiger partial charge >= 0.3 is 0 Å². The normalized spacial score (nSPS) is 27.1. The summed E-state index contributed by atoms with van der Waals surface area (Å²) in [6.07, 6.45) is 9.18. The number of nitrogens with zero attached hydrogens (tertiary/aromatic N) is 5. The van der Waals surface area contributed by atoms with Gasteiger partial charge in [0.25, 0.3) is 11.5 Å². The Morgan fingerprint density at radius 2 is 1.70 bits per heavy atom. The number of aromatic nitrogens is 3. The number of benzene rings is 1. The monoisotopic (exact) mass is 606 g/mol. The molecule has 234 valence electrons. The lowest BCUT2D eigenvalue weighted by Gasteiger charge is -2.36. The first-order valence-corrected chi connectivity index (χ1v) is 16.1. The molecule has 0 amide bonds. The third-order valence-electron chi connectivity index (χ3n) is 10.2. The molecule has 44 heavy (non-hydrogen) atoms. The van der Waals surface area contributed by atoms with Crippen molar-refractivity contribution in [3.05, 3.63) is 63.5 Å². The smallest absolute Gasteiger partial charge is 0.278 e. The molecule has 7 rings (SSSR count). The molecule has 1 aromatic carbocycles. The number of piperidine rings is 1. The average Bonchev–Trinajstić information content (AvgIpc) is 3.81. The Morgan fingerprint density at radius 3 is 2.43 bits per heavy atom. The number of alkyl halides is 2. The molecule has 3 aliphatic heterocycles. The van der Waals surface area contributed by atoms with Crippen molar-refractivity contribution in [1.29, 1.82) is 5.26 Å². The second-order valence-corrected chi connectivity index (χ2v) is 13.1. The van der Waals surface area contributed by atoms with Crippen LogP contribution in [0.15, 0.2) is 35.4 Å². The molecule has 1 saturated carbocycles. The van der Waals surface area contributed by atoms with Gasteiger partial charge in [0, 0.05) is 23.1 Å². The van der Waals surface area contributed by atoms with Crippen LogP contribution in [0.2, 0.25) is 0 Å². The quantitative estimate of drug-likeness (QED) is 0.311. The van der Waals surface area contributed by atoms with Crippen LogP contribution < -0.4 is 10.9 Å². The summed E-state index contributed by atoms with van der Waals surface area (Å²) < 4.78 is 49.4. The van der Waals surface area contributed by atoms with Crippen LogP contribution in [-0.2, 0) is 11.3 Å². The van der Waals surface area contributed by atoms with E-state index in [9.17, 15) is 10.1 Å². The van der Waals surface area contributed by atoms with Gasteiger partial charge in [-0.15, -0.1) is 0 Å². The summed E-state index contributed by atoms with van der Waals surface area (Å²) in [7, 11) is 0. The molecule has 1 N–H and O–H groups in total. The molecule has 8 bridgehead atoms. The summed E-state index contributed by atoms with van der Waals surface area (Å²) in [5, 5.41) is 13.8. The van der Waals surface area contributed by atoms with Crippen molar-refractivity contribution in [2.75, 3.05) is 25.0 Å². The minimum Gasteiger partial charge on any atom is -0.363 e. The number of hydrogen-bond donors (Lipinski definition) is 1. The fraction of sp³-hybridized carbons (Fsp3) is 0.588. The van der Waals surface area contributed by atoms with Crippen LogP contribution in [0.3, 0.4) is 0 Å². The van der Waals surface area contributed by atoms with Crippen molar-refractivity contribution in [1.82, 2.24) is 19.4 Å². The molecule has 0 radical (unpaired) electrons. The molecule has 5 heterocycles. The molecular weight excluding hydrogens is 565 g/mol. The summed E-state index contributed by atoms with van der Waals surface area (Å²) in [5.41, 5.74) is -0.619. The number of hydrogen-bond acceptors (Lipinski definition) is 6. The van der Waals surface area contributed by atoms with Crippen LogP contribution in [0.4, 0.5) is 19.0 Å². The standard InChI is InChI=1S/C34H41F3N6O/c1-22-9-6-4-3-5-7-16-42-17-12-24(13-18-42)34(36,37)27-11-8-10-25(29(27)35)23(2)41-30-26-19-28(33(20-38)14-15-33)32(44)43(22)31(26)40-21-39-30/h8,10-11,19,21-24H,3-7,9,12-18H2,1-2H3,(H,39,40,41)/t22?,23-/m1/s1. The predicted molar refractivity (Wildman–Crippen MR) is 164 cm³/mol. The summed E-state index contributed by atoms with van der Waals surface area (Å²) in [5.74, 6) is -4.75. The fourth-order valence-electron chi connectivity index (χ4n) is 7.17. The third-order valence-corrected chi connectivity index (χ3v) is 10.2. The predicted octanol–water partition coefficient (Wildman–Crippen LogP) is 7.38. The van der Waals surface area contributed by atoms with Crippen molar-refractivity contribution < 1.29 is 13.2 Å². The number of anilines is 1. The molecule has 1 aliphatic carbocycles. The highest BCUT2D eigenvalue weighted by Gasteiger charge is 2.48. The van der Waals surface area contributed by atoms with E-state index in [1.54, 1.807) is 17.6 Å². The maximum Gasteiger partial charge on any atom is 0.278 e. The molecule has 3 aromatic rings. The van der Waals surface area contributed by atoms with Crippen LogP contribution in [0, 0.1) is 23.1 Å². The molecule has 7 nitrogen and oxygen atoms in total. The number of pyridine rings is 1. The lowest BCUT2D eigenvalue weighted by atomic mass is 9.85. The number of nitriles is 1. The van der Waals surface area contributed by atoms with E-state index in [-0.39, 0.29) is 17.2 Å². The third kappa shape index (κ3) is 5.60. The van der Waals surface area contributed by atoms with Gasteiger partial charge in [-0.2, -0.15) is 5.26 Å². The van der Waals surface area contributed by atoms with Crippen molar-refractivity contribution >= 4 is 16.9 Å². The highest BCUT2D eigenvalue weighted by Crippen LogP contribution is 2.47. The first-order valence-electron chi connectivity index (χ1n) is 16.1. The Balaban J connectivity index is 1.43. The molecule has 2 atom stereocenters. The van der Waals surface area contributed by atoms with Gasteiger partial charge in [-0.25, -0.2) is 23.1 Å². The molecule has 0 spiro atoms. The van der Waals surface area contributed by atoms with Crippen molar-refractivity contribution in [3.63, 3.8) is 0 Å². The highest BCUT2D eigenvalue weighted by atomic mass is 19.3. The molecular formula is C34H41F3N6O. The van der Waals surface area contributed by atoms with Gasteiger partial charge in [-0.3, -0.25) is 9.36 Å². The maximum absolute atomic E-state index is 16.0. The van der Waals surface area contributed by atoms with E-state index in [1.807, 2.05) is 6.92 Å². The molecule has 1 saturated heterocycles. The second kappa shape index (κ2) is 12.2. The average molecular weight is 607 g/mol. The summed E-state index contributed by atoms with van der Waals surface area (Å²) in [6, 6.07) is 7.41. The van der Waals surface area contributed by atoms with Gasteiger partial charge in [-0.1, -0.05) is 43.9 Å². The van der Waals surface area contributed by atoms with Crippen LogP contribution >= 0.6 is 0 Å². The first-order chi connectivity index (χ1) is 21.2. The van der Waals surface area contributed by atoms with Crippen LogP contribution in [0.25, 0.3) is 11.0 Å². The van der Waals surface area contributed by atoms with E-state index in [2.05, 4.69) is 26.3 Å². The Kier molecular flexibility index (Phi) is 8.44. The zero-order valence-electron chi connectivity index (χ0n) is 25.6. The minimum absolute atomic E-state index is 0.117. The van der Waals surface area contributed by atoms with Crippen LogP contribution in [0.1, 0.15) is 107 Å². The molecule has 1 unspecified atom stereocenters. The number of nitrogens with one attached hydrogen (secondary N) is 1. The van der Waals surface area contributed by atoms with Crippen LogP contribution in [0.5, 0.6) is 0 Å². The number of fused-ring (bicyclic) bond motifs is 10. The van der Waals surface area contributed by atoms with E-state index in [0.29, 0.717) is 61.2 Å². The van der Waals surface area contributed by atoms with Gasteiger partial charge in [0.2, 0.25) is 0 Å². The summed E-state index contributed by atoms with van der Waals surface area (Å²) in [6.45, 7) is 5.81. The topological polar surface area (TPSA) is 86.8 Å². The lowest BCUT2D eigenvalue weighted by Crippen LogP contribution is -2.40. The maximum atomic E-state index is 16.0. The largest absolute Gasteiger partial charge is 0.363 e. The van der Waals surface area contributed by atoms with Gasteiger partial charge in [-0.05, 0) is 78.1 Å². The van der Waals surface area contributed by atoms with Crippen molar-refractivity contribution in [2.45, 2.75) is 101 Å². The minimum atomic E-state index is -3.29. The van der Waals surface area contributed by atoms with Gasteiger partial charge < -0.3 is 10.2 Å². The zero-order chi connectivity index (χ0) is 31.1. The number of rotatable bonds is 1. The highest BCUT2D eigenvalue weighted by molar-refractivity contribution is 5.87. The molecule has 2 aromatic heterocycles. The Bertz CT molecular complexity index is 1620. The first kappa shape index (κ1) is 30.6. The SMILES string of the molecule is CC1CCCCCCCN2CCC(CC2)C(F)(F)c2cccc(c2F)[C@@H](C)Nc2ncnc3c2cc(C2(C#N)CC2)c(=O)n31. The van der Waals surface area contributed by atoms with Gasteiger partial charge in [0.1, 0.15) is 23.6 Å². The van der Waals surface area contributed by atoms with Gasteiger partial charge in [0.15, 0.2) is 0 Å². The van der Waals surface area contributed by atoms with Gasteiger partial charge in [0.05, 0.1) is 28.5 Å².